The van der Waals surface area contributed by atoms with Crippen LogP contribution in [0.4, 0.5) is 5.69 Å². The minimum absolute atomic E-state index is 0.147. The number of rotatable bonds is 3. The molecule has 26 heavy (non-hydrogen) atoms. The normalized spacial score (nSPS) is 19.0. The number of hydrogen-bond acceptors (Lipinski definition) is 5. The van der Waals surface area contributed by atoms with E-state index in [1.54, 1.807) is 7.11 Å². The monoisotopic (exact) mass is 364 g/mol. The minimum atomic E-state index is -0.147. The number of aliphatic imine (C=N–C) groups is 1. The van der Waals surface area contributed by atoms with E-state index < -0.39 is 0 Å². The van der Waals surface area contributed by atoms with Crippen LogP contribution in [0.15, 0.2) is 70.1 Å². The molecule has 2 aromatic rings. The van der Waals surface area contributed by atoms with Crippen molar-refractivity contribution in [3.8, 4) is 11.5 Å². The molecule has 0 radical (unpaired) electrons. The van der Waals surface area contributed by atoms with Crippen LogP contribution in [0.25, 0.3) is 6.08 Å². The number of hydrogen-bond donors (Lipinski definition) is 1. The van der Waals surface area contributed by atoms with Gasteiger partial charge in [0.15, 0.2) is 5.17 Å². The van der Waals surface area contributed by atoms with Crippen molar-refractivity contribution in [2.75, 3.05) is 13.7 Å². The quantitative estimate of drug-likeness (QED) is 0.839. The van der Waals surface area contributed by atoms with Gasteiger partial charge in [0.25, 0.3) is 5.91 Å². The maximum Gasteiger partial charge on any atom is 0.264 e. The SMILES string of the molecule is COc1ccc2c(c1)OCC(/C=C1\SC(=Nc3ccccc3)NC1=O)=C2. The van der Waals surface area contributed by atoms with Gasteiger partial charge < -0.3 is 14.8 Å². The van der Waals surface area contributed by atoms with E-state index in [2.05, 4.69) is 10.3 Å². The second kappa shape index (κ2) is 7.09. The summed E-state index contributed by atoms with van der Waals surface area (Å²) in [6, 6.07) is 15.2. The molecule has 0 bridgehead atoms. The lowest BCUT2D eigenvalue weighted by atomic mass is 10.1. The summed E-state index contributed by atoms with van der Waals surface area (Å²) in [7, 11) is 1.63. The number of nitrogens with one attached hydrogen (secondary N) is 1. The number of carbonyl (C=O) groups excluding carboxylic acids is 1. The van der Waals surface area contributed by atoms with Gasteiger partial charge in [0.05, 0.1) is 17.7 Å². The van der Waals surface area contributed by atoms with Crippen molar-refractivity contribution in [2.45, 2.75) is 0 Å². The van der Waals surface area contributed by atoms with E-state index in [9.17, 15) is 4.79 Å². The van der Waals surface area contributed by atoms with Crippen LogP contribution in [0.5, 0.6) is 11.5 Å². The lowest BCUT2D eigenvalue weighted by Gasteiger charge is -2.17. The van der Waals surface area contributed by atoms with Crippen molar-refractivity contribution in [1.29, 1.82) is 0 Å². The van der Waals surface area contributed by atoms with Crippen LogP contribution >= 0.6 is 11.8 Å². The molecule has 0 saturated carbocycles. The average Bonchev–Trinajstić information content (AvgIpc) is 3.01. The summed E-state index contributed by atoms with van der Waals surface area (Å²) >= 11 is 1.33. The number of methoxy groups -OCH3 is 1. The van der Waals surface area contributed by atoms with Gasteiger partial charge in [-0.2, -0.15) is 0 Å². The average molecular weight is 364 g/mol. The molecule has 6 heteroatoms. The van der Waals surface area contributed by atoms with Crippen molar-refractivity contribution >= 4 is 34.6 Å². The van der Waals surface area contributed by atoms with Crippen LogP contribution in [0.2, 0.25) is 0 Å². The lowest BCUT2D eigenvalue weighted by Crippen LogP contribution is -2.19. The van der Waals surface area contributed by atoms with Gasteiger partial charge in [0.1, 0.15) is 18.1 Å². The zero-order chi connectivity index (χ0) is 17.9. The smallest absolute Gasteiger partial charge is 0.264 e. The maximum absolute atomic E-state index is 12.2. The molecule has 4 rings (SSSR count). The Kier molecular flexibility index (Phi) is 4.50. The fourth-order valence-corrected chi connectivity index (χ4v) is 3.50. The summed E-state index contributed by atoms with van der Waals surface area (Å²) in [6.45, 7) is 0.405. The third-order valence-electron chi connectivity index (χ3n) is 3.91. The van der Waals surface area contributed by atoms with Crippen molar-refractivity contribution in [1.82, 2.24) is 5.32 Å². The molecule has 2 aliphatic rings. The number of carbonyl (C=O) groups is 1. The summed E-state index contributed by atoms with van der Waals surface area (Å²) in [4.78, 5) is 17.3. The predicted octanol–water partition coefficient (Wildman–Crippen LogP) is 3.91. The molecule has 2 heterocycles. The molecule has 0 atom stereocenters. The highest BCUT2D eigenvalue weighted by molar-refractivity contribution is 8.18. The van der Waals surface area contributed by atoms with Gasteiger partial charge in [-0.3, -0.25) is 4.79 Å². The molecule has 5 nitrogen and oxygen atoms in total. The Morgan fingerprint density at radius 3 is 2.88 bits per heavy atom. The van der Waals surface area contributed by atoms with E-state index in [0.29, 0.717) is 16.7 Å². The minimum Gasteiger partial charge on any atom is -0.497 e. The molecule has 0 aromatic heterocycles. The number of nitrogens with zero attached hydrogens (tertiary/aromatic N) is 1. The second-order valence-corrected chi connectivity index (χ2v) is 6.76. The van der Waals surface area contributed by atoms with E-state index >= 15 is 0 Å². The molecule has 1 fully saturated rings. The van der Waals surface area contributed by atoms with Crippen molar-refractivity contribution < 1.29 is 14.3 Å². The Morgan fingerprint density at radius 1 is 1.23 bits per heavy atom. The molecule has 2 aromatic carbocycles. The van der Waals surface area contributed by atoms with Gasteiger partial charge in [0.2, 0.25) is 0 Å². The van der Waals surface area contributed by atoms with E-state index in [1.807, 2.05) is 60.7 Å². The molecular formula is C20H16N2O3S. The Bertz CT molecular complexity index is 949. The van der Waals surface area contributed by atoms with E-state index in [1.165, 1.54) is 11.8 Å². The molecule has 0 spiro atoms. The van der Waals surface area contributed by atoms with Crippen LogP contribution in [-0.4, -0.2) is 24.8 Å². The zero-order valence-electron chi connectivity index (χ0n) is 14.1. The van der Waals surface area contributed by atoms with Gasteiger partial charge in [0, 0.05) is 11.6 Å². The van der Waals surface area contributed by atoms with Gasteiger partial charge in [-0.05, 0) is 53.8 Å². The summed E-state index contributed by atoms with van der Waals surface area (Å²) in [5.41, 5.74) is 2.70. The summed E-state index contributed by atoms with van der Waals surface area (Å²) in [5, 5.41) is 3.38. The highest BCUT2D eigenvalue weighted by Crippen LogP contribution is 2.33. The molecule has 1 saturated heterocycles. The molecule has 130 valence electrons. The van der Waals surface area contributed by atoms with Crippen LogP contribution in [0.3, 0.4) is 0 Å². The van der Waals surface area contributed by atoms with Gasteiger partial charge in [-0.1, -0.05) is 18.2 Å². The topological polar surface area (TPSA) is 59.9 Å². The third kappa shape index (κ3) is 3.50. The van der Waals surface area contributed by atoms with Gasteiger partial charge in [-0.15, -0.1) is 0 Å². The molecule has 0 unspecified atom stereocenters. The van der Waals surface area contributed by atoms with E-state index in [0.717, 1.165) is 28.3 Å². The third-order valence-corrected chi connectivity index (χ3v) is 4.82. The van der Waals surface area contributed by atoms with Crippen LogP contribution in [-0.2, 0) is 4.79 Å². The second-order valence-electron chi connectivity index (χ2n) is 5.73. The summed E-state index contributed by atoms with van der Waals surface area (Å²) in [5.74, 6) is 1.39. The highest BCUT2D eigenvalue weighted by atomic mass is 32.2. The van der Waals surface area contributed by atoms with Crippen LogP contribution < -0.4 is 14.8 Å². The molecule has 2 aliphatic heterocycles. The molecule has 1 amide bonds. The maximum atomic E-state index is 12.2. The summed E-state index contributed by atoms with van der Waals surface area (Å²) < 4.78 is 11.0. The number of amides is 1. The van der Waals surface area contributed by atoms with E-state index in [4.69, 9.17) is 9.47 Å². The predicted molar refractivity (Wildman–Crippen MR) is 104 cm³/mol. The van der Waals surface area contributed by atoms with Gasteiger partial charge >= 0.3 is 0 Å². The number of thioether (sulfide) groups is 1. The lowest BCUT2D eigenvalue weighted by molar-refractivity contribution is -0.115. The molecule has 1 N–H and O–H groups in total. The number of fused-ring (bicyclic) bond motifs is 1. The van der Waals surface area contributed by atoms with Crippen LogP contribution in [0.1, 0.15) is 5.56 Å². The van der Waals surface area contributed by atoms with Crippen molar-refractivity contribution in [2.24, 2.45) is 4.99 Å². The first-order valence-electron chi connectivity index (χ1n) is 8.07. The fourth-order valence-electron chi connectivity index (χ4n) is 2.64. The Morgan fingerprint density at radius 2 is 2.08 bits per heavy atom. The molecular weight excluding hydrogens is 348 g/mol. The highest BCUT2D eigenvalue weighted by Gasteiger charge is 2.24. The Hall–Kier alpha value is -2.99. The first kappa shape index (κ1) is 16.5. The van der Waals surface area contributed by atoms with E-state index in [-0.39, 0.29) is 5.91 Å². The number of amidine groups is 1. The standard InChI is InChI=1S/C20H16N2O3S/c1-24-16-8-7-14-9-13(12-25-17(14)11-16)10-18-19(23)22-20(26-18)21-15-5-3-2-4-6-15/h2-11H,12H2,1H3,(H,21,22,23)/b18-10-. The first-order valence-corrected chi connectivity index (χ1v) is 8.89. The number of ether oxygens (including phenoxy) is 2. The number of benzene rings is 2. The Balaban J connectivity index is 1.56. The Labute approximate surface area is 155 Å². The van der Waals surface area contributed by atoms with Crippen LogP contribution in [0, 0.1) is 0 Å². The molecule has 0 aliphatic carbocycles. The first-order chi connectivity index (χ1) is 12.7. The summed E-state index contributed by atoms with van der Waals surface area (Å²) in [6.07, 6.45) is 3.87. The number of para-hydroxylation sites is 1. The fraction of sp³-hybridized carbons (Fsp3) is 0.100. The zero-order valence-corrected chi connectivity index (χ0v) is 14.9. The van der Waals surface area contributed by atoms with Crippen molar-refractivity contribution in [3.05, 3.63) is 70.6 Å². The van der Waals surface area contributed by atoms with Gasteiger partial charge in [-0.25, -0.2) is 4.99 Å². The largest absolute Gasteiger partial charge is 0.497 e. The van der Waals surface area contributed by atoms with Crippen molar-refractivity contribution in [3.63, 3.8) is 0 Å².